The summed E-state index contributed by atoms with van der Waals surface area (Å²) < 4.78 is 2.93. The molecule has 0 aliphatic carbocycles. The minimum atomic E-state index is -0.0809. The molecule has 0 fully saturated rings. The summed E-state index contributed by atoms with van der Waals surface area (Å²) in [5, 5.41) is 17.1. The van der Waals surface area contributed by atoms with Crippen LogP contribution in [0.15, 0.2) is 23.1 Å². The van der Waals surface area contributed by atoms with Crippen molar-refractivity contribution in [1.82, 2.24) is 19.2 Å². The fourth-order valence-electron chi connectivity index (χ4n) is 2.80. The van der Waals surface area contributed by atoms with Gasteiger partial charge < -0.3 is 21.4 Å². The van der Waals surface area contributed by atoms with Crippen molar-refractivity contribution in [3.05, 3.63) is 50.5 Å². The van der Waals surface area contributed by atoms with Crippen molar-refractivity contribution in [2.45, 2.75) is 19.9 Å². The third kappa shape index (κ3) is 3.89. The minimum Gasteiger partial charge on any atom is -0.382 e. The van der Waals surface area contributed by atoms with Gasteiger partial charge in [-0.25, -0.2) is 4.98 Å². The summed E-state index contributed by atoms with van der Waals surface area (Å²) in [4.78, 5) is 16.7. The number of anilines is 2. The van der Waals surface area contributed by atoms with Crippen LogP contribution in [0.3, 0.4) is 0 Å². The first-order valence-electron chi connectivity index (χ1n) is 8.34. The Morgan fingerprint density at radius 3 is 2.86 bits per heavy atom. The van der Waals surface area contributed by atoms with Crippen LogP contribution in [0.4, 0.5) is 11.6 Å². The Morgan fingerprint density at radius 1 is 1.43 bits per heavy atom. The first kappa shape index (κ1) is 21.5. The highest BCUT2D eigenvalue weighted by molar-refractivity contribution is 6.34. The Morgan fingerprint density at radius 2 is 2.18 bits per heavy atom. The summed E-state index contributed by atoms with van der Waals surface area (Å²) in [6.07, 6.45) is 2.16. The van der Waals surface area contributed by atoms with Gasteiger partial charge in [0.1, 0.15) is 28.3 Å². The van der Waals surface area contributed by atoms with Crippen LogP contribution in [0.5, 0.6) is 0 Å². The number of hydrogen-bond acceptors (Lipinski definition) is 7. The third-order valence-electron chi connectivity index (χ3n) is 4.17. The standard InChI is InChI=1S/C17H19ClN8O.ClH/c1-10-13(18)16-23-15(12(9-20)14(21)26(16)24-10)22-6-4-11-3-2-7-25(8-5-19)17(11)27;/h2-3,7H,4-6,8,19,21H2,1H3,(H,22,23);1H. The Labute approximate surface area is 172 Å². The number of aryl methyl sites for hydroxylation is 1. The van der Waals surface area contributed by atoms with Crippen molar-refractivity contribution in [2.75, 3.05) is 24.1 Å². The normalized spacial score (nSPS) is 10.5. The van der Waals surface area contributed by atoms with Crippen LogP contribution < -0.4 is 22.3 Å². The second-order valence-electron chi connectivity index (χ2n) is 5.96. The zero-order chi connectivity index (χ0) is 19.6. The smallest absolute Gasteiger partial charge is 0.253 e. The van der Waals surface area contributed by atoms with Crippen molar-refractivity contribution in [2.24, 2.45) is 5.73 Å². The highest BCUT2D eigenvalue weighted by Crippen LogP contribution is 2.27. The Bertz CT molecular complexity index is 1100. The van der Waals surface area contributed by atoms with Gasteiger partial charge in [0.15, 0.2) is 5.65 Å². The van der Waals surface area contributed by atoms with E-state index in [1.165, 1.54) is 4.52 Å². The molecule has 11 heteroatoms. The maximum Gasteiger partial charge on any atom is 0.253 e. The summed E-state index contributed by atoms with van der Waals surface area (Å²) >= 11 is 6.21. The maximum absolute atomic E-state index is 12.4. The number of nitrogens with one attached hydrogen (secondary N) is 1. The molecule has 9 nitrogen and oxygen atoms in total. The number of hydrogen-bond donors (Lipinski definition) is 3. The lowest BCUT2D eigenvalue weighted by Crippen LogP contribution is -2.27. The van der Waals surface area contributed by atoms with E-state index in [1.54, 1.807) is 23.8 Å². The Kier molecular flexibility index (Phi) is 6.85. The number of nitriles is 1. The molecule has 3 heterocycles. The fraction of sp³-hybridized carbons (Fsp3) is 0.294. The highest BCUT2D eigenvalue weighted by Gasteiger charge is 2.18. The molecule has 0 radical (unpaired) electrons. The fourth-order valence-corrected chi connectivity index (χ4v) is 2.96. The van der Waals surface area contributed by atoms with Crippen LogP contribution in [-0.4, -0.2) is 32.3 Å². The number of rotatable bonds is 6. The number of nitrogens with two attached hydrogens (primary N) is 2. The predicted molar refractivity (Wildman–Crippen MR) is 111 cm³/mol. The minimum absolute atomic E-state index is 0. The van der Waals surface area contributed by atoms with Gasteiger partial charge in [-0.1, -0.05) is 17.7 Å². The van der Waals surface area contributed by atoms with Crippen LogP contribution in [0, 0.1) is 18.3 Å². The third-order valence-corrected chi connectivity index (χ3v) is 4.61. The lowest BCUT2D eigenvalue weighted by Gasteiger charge is -2.11. The summed E-state index contributed by atoms with van der Waals surface area (Å²) in [6, 6.07) is 5.61. The molecule has 0 atom stereocenters. The number of fused-ring (bicyclic) bond motifs is 1. The molecule has 0 amide bonds. The van der Waals surface area contributed by atoms with Crippen LogP contribution in [0.25, 0.3) is 5.65 Å². The monoisotopic (exact) mass is 422 g/mol. The molecule has 3 aromatic rings. The molecular formula is C17H20Cl2N8O. The SMILES string of the molecule is Cc1nn2c(N)c(C#N)c(NCCc3cccn(CCN)c3=O)nc2c1Cl.Cl. The lowest BCUT2D eigenvalue weighted by atomic mass is 10.2. The van der Waals surface area contributed by atoms with E-state index in [0.29, 0.717) is 53.8 Å². The molecule has 0 aromatic carbocycles. The van der Waals surface area contributed by atoms with Crippen molar-refractivity contribution in [3.63, 3.8) is 0 Å². The van der Waals surface area contributed by atoms with Gasteiger partial charge in [-0.05, 0) is 19.4 Å². The van der Waals surface area contributed by atoms with Gasteiger partial charge in [0.05, 0.1) is 5.69 Å². The quantitative estimate of drug-likeness (QED) is 0.544. The molecule has 3 aromatic heterocycles. The van der Waals surface area contributed by atoms with Crippen LogP contribution in [0.1, 0.15) is 16.8 Å². The lowest BCUT2D eigenvalue weighted by molar-refractivity contribution is 0.672. The molecule has 0 saturated carbocycles. The zero-order valence-corrected chi connectivity index (χ0v) is 16.7. The molecule has 28 heavy (non-hydrogen) atoms. The molecular weight excluding hydrogens is 403 g/mol. The van der Waals surface area contributed by atoms with Gasteiger partial charge in [0.2, 0.25) is 0 Å². The van der Waals surface area contributed by atoms with E-state index in [0.717, 1.165) is 0 Å². The van der Waals surface area contributed by atoms with E-state index in [9.17, 15) is 10.1 Å². The van der Waals surface area contributed by atoms with Crippen LogP contribution in [0.2, 0.25) is 5.02 Å². The Balaban J connectivity index is 0.00000280. The summed E-state index contributed by atoms with van der Waals surface area (Å²) in [5.74, 6) is 0.465. The number of nitrogens with zero attached hydrogens (tertiary/aromatic N) is 5. The Hall–Kier alpha value is -2.80. The van der Waals surface area contributed by atoms with Crippen molar-refractivity contribution in [1.29, 1.82) is 5.26 Å². The van der Waals surface area contributed by atoms with E-state index in [-0.39, 0.29) is 29.3 Å². The molecule has 0 saturated heterocycles. The molecule has 5 N–H and O–H groups in total. The largest absolute Gasteiger partial charge is 0.382 e. The maximum atomic E-state index is 12.4. The molecule has 0 bridgehead atoms. The van der Waals surface area contributed by atoms with E-state index in [2.05, 4.69) is 15.4 Å². The van der Waals surface area contributed by atoms with Crippen molar-refractivity contribution in [3.8, 4) is 6.07 Å². The average molecular weight is 423 g/mol. The summed E-state index contributed by atoms with van der Waals surface area (Å²) in [7, 11) is 0. The van der Waals surface area contributed by atoms with E-state index in [4.69, 9.17) is 23.1 Å². The number of halogens is 2. The molecule has 148 valence electrons. The number of pyridine rings is 1. The summed E-state index contributed by atoms with van der Waals surface area (Å²) in [6.45, 7) is 2.98. The highest BCUT2D eigenvalue weighted by atomic mass is 35.5. The van der Waals surface area contributed by atoms with E-state index >= 15 is 0 Å². The topological polar surface area (TPSA) is 140 Å². The van der Waals surface area contributed by atoms with Crippen molar-refractivity contribution >= 4 is 41.3 Å². The second-order valence-corrected chi connectivity index (χ2v) is 6.34. The number of aromatic nitrogens is 4. The summed E-state index contributed by atoms with van der Waals surface area (Å²) in [5.41, 5.74) is 13.2. The van der Waals surface area contributed by atoms with Gasteiger partial charge in [0.25, 0.3) is 5.56 Å². The molecule has 0 aliphatic rings. The van der Waals surface area contributed by atoms with Crippen LogP contribution >= 0.6 is 24.0 Å². The second kappa shape index (κ2) is 8.93. The van der Waals surface area contributed by atoms with Gasteiger partial charge in [0, 0.05) is 31.4 Å². The first-order chi connectivity index (χ1) is 13.0. The first-order valence-corrected chi connectivity index (χ1v) is 8.72. The van der Waals surface area contributed by atoms with E-state index in [1.807, 2.05) is 12.1 Å². The number of nitrogen functional groups attached to an aromatic ring is 1. The van der Waals surface area contributed by atoms with Crippen LogP contribution in [-0.2, 0) is 13.0 Å². The predicted octanol–water partition coefficient (Wildman–Crippen LogP) is 1.34. The van der Waals surface area contributed by atoms with E-state index < -0.39 is 0 Å². The molecule has 0 aliphatic heterocycles. The molecule has 3 rings (SSSR count). The van der Waals surface area contributed by atoms with Gasteiger partial charge in [-0.3, -0.25) is 4.79 Å². The molecule has 0 unspecified atom stereocenters. The molecule has 0 spiro atoms. The van der Waals surface area contributed by atoms with Gasteiger partial charge >= 0.3 is 0 Å². The average Bonchev–Trinajstić information content (AvgIpc) is 2.94. The van der Waals surface area contributed by atoms with Crippen molar-refractivity contribution < 1.29 is 0 Å². The van der Waals surface area contributed by atoms with Gasteiger partial charge in [-0.2, -0.15) is 14.9 Å². The van der Waals surface area contributed by atoms with Gasteiger partial charge in [-0.15, -0.1) is 12.4 Å². The zero-order valence-electron chi connectivity index (χ0n) is 15.1.